The maximum Gasteiger partial charge on any atom is 0.190 e. The molecule has 114 valence electrons. The van der Waals surface area contributed by atoms with Gasteiger partial charge in [-0.05, 0) is 30.5 Å². The molecule has 0 heterocycles. The fraction of sp³-hybridized carbons (Fsp3) is 0.600. The zero-order chi connectivity index (χ0) is 15.0. The summed E-state index contributed by atoms with van der Waals surface area (Å²) < 4.78 is 37.6. The van der Waals surface area contributed by atoms with Crippen molar-refractivity contribution in [2.75, 3.05) is 20.3 Å². The smallest absolute Gasteiger partial charge is 0.190 e. The summed E-state index contributed by atoms with van der Waals surface area (Å²) >= 11 is 0. The second-order valence-corrected chi connectivity index (χ2v) is 4.97. The standard InChI is InChI=1S/C15H23F2NO2/c1-11(2)18-10-12-8-13(16)15(14(17)9-12)20-7-5-4-6-19-3/h8-9,11,18H,4-7,10H2,1-3H3. The van der Waals surface area contributed by atoms with Crippen LogP contribution >= 0.6 is 0 Å². The predicted molar refractivity (Wildman–Crippen MR) is 74.9 cm³/mol. The Balaban J connectivity index is 2.55. The molecule has 0 bridgehead atoms. The summed E-state index contributed by atoms with van der Waals surface area (Å²) in [6, 6.07) is 2.88. The van der Waals surface area contributed by atoms with Gasteiger partial charge < -0.3 is 14.8 Å². The highest BCUT2D eigenvalue weighted by atomic mass is 19.1. The first-order valence-electron chi connectivity index (χ1n) is 6.87. The summed E-state index contributed by atoms with van der Waals surface area (Å²) in [6.07, 6.45) is 1.50. The molecule has 0 aliphatic heterocycles. The normalized spacial score (nSPS) is 11.1. The molecule has 0 amide bonds. The molecule has 20 heavy (non-hydrogen) atoms. The van der Waals surface area contributed by atoms with Crippen molar-refractivity contribution < 1.29 is 18.3 Å². The van der Waals surface area contributed by atoms with Crippen molar-refractivity contribution in [2.24, 2.45) is 0 Å². The fourth-order valence-corrected chi connectivity index (χ4v) is 1.70. The van der Waals surface area contributed by atoms with Gasteiger partial charge in [-0.25, -0.2) is 8.78 Å². The van der Waals surface area contributed by atoms with Crippen LogP contribution in [0.5, 0.6) is 5.75 Å². The molecule has 0 saturated carbocycles. The molecule has 0 spiro atoms. The summed E-state index contributed by atoms with van der Waals surface area (Å²) in [4.78, 5) is 0. The molecule has 3 nitrogen and oxygen atoms in total. The van der Waals surface area contributed by atoms with Gasteiger partial charge in [0.05, 0.1) is 6.61 Å². The minimum atomic E-state index is -0.655. The van der Waals surface area contributed by atoms with E-state index in [2.05, 4.69) is 5.32 Å². The Bertz CT molecular complexity index is 388. The Morgan fingerprint density at radius 2 is 1.70 bits per heavy atom. The minimum Gasteiger partial charge on any atom is -0.488 e. The third-order valence-electron chi connectivity index (χ3n) is 2.76. The number of hydrogen-bond donors (Lipinski definition) is 1. The highest BCUT2D eigenvalue weighted by molar-refractivity contribution is 5.31. The van der Waals surface area contributed by atoms with Crippen LogP contribution in [0.15, 0.2) is 12.1 Å². The van der Waals surface area contributed by atoms with E-state index in [1.54, 1.807) is 7.11 Å². The quantitative estimate of drug-likeness (QED) is 0.707. The van der Waals surface area contributed by atoms with E-state index in [1.807, 2.05) is 13.8 Å². The number of nitrogens with one attached hydrogen (secondary N) is 1. The average molecular weight is 287 g/mol. The van der Waals surface area contributed by atoms with Gasteiger partial charge in [0.1, 0.15) is 0 Å². The lowest BCUT2D eigenvalue weighted by Crippen LogP contribution is -2.22. The number of methoxy groups -OCH3 is 1. The van der Waals surface area contributed by atoms with E-state index < -0.39 is 11.6 Å². The first-order chi connectivity index (χ1) is 9.54. The molecule has 0 saturated heterocycles. The molecule has 1 aromatic rings. The monoisotopic (exact) mass is 287 g/mol. The van der Waals surface area contributed by atoms with Crippen LogP contribution < -0.4 is 10.1 Å². The number of hydrogen-bond acceptors (Lipinski definition) is 3. The molecule has 0 aliphatic rings. The van der Waals surface area contributed by atoms with E-state index in [0.717, 1.165) is 6.42 Å². The summed E-state index contributed by atoms with van der Waals surface area (Å²) in [5, 5.41) is 3.11. The lowest BCUT2D eigenvalue weighted by molar-refractivity contribution is 0.182. The second kappa shape index (κ2) is 8.87. The van der Waals surface area contributed by atoms with Crippen molar-refractivity contribution in [1.29, 1.82) is 0 Å². The molecule has 1 aromatic carbocycles. The van der Waals surface area contributed by atoms with Crippen molar-refractivity contribution in [2.45, 2.75) is 39.3 Å². The zero-order valence-electron chi connectivity index (χ0n) is 12.3. The predicted octanol–water partition coefficient (Wildman–Crippen LogP) is 3.27. The number of benzene rings is 1. The number of ether oxygens (including phenoxy) is 2. The Morgan fingerprint density at radius 1 is 1.10 bits per heavy atom. The second-order valence-electron chi connectivity index (χ2n) is 4.97. The fourth-order valence-electron chi connectivity index (χ4n) is 1.70. The zero-order valence-corrected chi connectivity index (χ0v) is 12.3. The van der Waals surface area contributed by atoms with Crippen LogP contribution in [0, 0.1) is 11.6 Å². The summed E-state index contributed by atoms with van der Waals surface area (Å²) in [5.41, 5.74) is 0.570. The van der Waals surface area contributed by atoms with Gasteiger partial charge in [-0.1, -0.05) is 13.8 Å². The summed E-state index contributed by atoms with van der Waals surface area (Å²) in [5.74, 6) is -1.61. The third kappa shape index (κ3) is 5.84. The van der Waals surface area contributed by atoms with Crippen LogP contribution in [-0.4, -0.2) is 26.4 Å². The molecule has 0 radical (unpaired) electrons. The van der Waals surface area contributed by atoms with Gasteiger partial charge in [-0.3, -0.25) is 0 Å². The molecule has 0 aromatic heterocycles. The molecule has 0 fully saturated rings. The highest BCUT2D eigenvalue weighted by Gasteiger charge is 2.12. The molecule has 0 aliphatic carbocycles. The maximum absolute atomic E-state index is 13.8. The van der Waals surface area contributed by atoms with Crippen molar-refractivity contribution in [3.63, 3.8) is 0 Å². The van der Waals surface area contributed by atoms with Gasteiger partial charge in [-0.15, -0.1) is 0 Å². The average Bonchev–Trinajstić information content (AvgIpc) is 2.38. The number of unbranched alkanes of at least 4 members (excludes halogenated alkanes) is 1. The molecule has 1 rings (SSSR count). The van der Waals surface area contributed by atoms with Crippen LogP contribution in [0.1, 0.15) is 32.3 Å². The van der Waals surface area contributed by atoms with Gasteiger partial charge in [0.25, 0.3) is 0 Å². The molecule has 0 atom stereocenters. The SMILES string of the molecule is COCCCCOc1c(F)cc(CNC(C)C)cc1F. The highest BCUT2D eigenvalue weighted by Crippen LogP contribution is 2.23. The summed E-state index contributed by atoms with van der Waals surface area (Å²) in [6.45, 7) is 5.28. The van der Waals surface area contributed by atoms with Crippen molar-refractivity contribution in [3.8, 4) is 5.75 Å². The Kier molecular flexibility index (Phi) is 7.47. The van der Waals surface area contributed by atoms with E-state index >= 15 is 0 Å². The van der Waals surface area contributed by atoms with Crippen LogP contribution in [-0.2, 0) is 11.3 Å². The Morgan fingerprint density at radius 3 is 2.25 bits per heavy atom. The lowest BCUT2D eigenvalue weighted by atomic mass is 10.2. The van der Waals surface area contributed by atoms with Crippen LogP contribution in [0.25, 0.3) is 0 Å². The summed E-state index contributed by atoms with van der Waals surface area (Å²) in [7, 11) is 1.62. The first-order valence-corrected chi connectivity index (χ1v) is 6.87. The van der Waals surface area contributed by atoms with Gasteiger partial charge >= 0.3 is 0 Å². The largest absolute Gasteiger partial charge is 0.488 e. The third-order valence-corrected chi connectivity index (χ3v) is 2.76. The Labute approximate surface area is 119 Å². The number of halogens is 2. The van der Waals surface area contributed by atoms with E-state index in [-0.39, 0.29) is 18.4 Å². The lowest BCUT2D eigenvalue weighted by Gasteiger charge is -2.12. The molecular formula is C15H23F2NO2. The number of rotatable bonds is 9. The van der Waals surface area contributed by atoms with E-state index in [0.29, 0.717) is 25.1 Å². The van der Waals surface area contributed by atoms with E-state index in [1.165, 1.54) is 12.1 Å². The topological polar surface area (TPSA) is 30.5 Å². The maximum atomic E-state index is 13.8. The van der Waals surface area contributed by atoms with Gasteiger partial charge in [0.15, 0.2) is 17.4 Å². The molecule has 1 N–H and O–H groups in total. The van der Waals surface area contributed by atoms with Crippen molar-refractivity contribution in [3.05, 3.63) is 29.3 Å². The first kappa shape index (κ1) is 16.9. The van der Waals surface area contributed by atoms with Crippen molar-refractivity contribution in [1.82, 2.24) is 5.32 Å². The van der Waals surface area contributed by atoms with Crippen LogP contribution in [0.3, 0.4) is 0 Å². The van der Waals surface area contributed by atoms with Crippen molar-refractivity contribution >= 4 is 0 Å². The van der Waals surface area contributed by atoms with Gasteiger partial charge in [0.2, 0.25) is 0 Å². The van der Waals surface area contributed by atoms with E-state index in [9.17, 15) is 8.78 Å². The Hall–Kier alpha value is -1.20. The minimum absolute atomic E-state index is 0.262. The van der Waals surface area contributed by atoms with Gasteiger partial charge in [0, 0.05) is 26.3 Å². The van der Waals surface area contributed by atoms with Gasteiger partial charge in [-0.2, -0.15) is 0 Å². The molecule has 5 heteroatoms. The van der Waals surface area contributed by atoms with Crippen LogP contribution in [0.2, 0.25) is 0 Å². The van der Waals surface area contributed by atoms with Crippen LogP contribution in [0.4, 0.5) is 8.78 Å². The van der Waals surface area contributed by atoms with E-state index in [4.69, 9.17) is 9.47 Å². The molecular weight excluding hydrogens is 264 g/mol. The molecule has 0 unspecified atom stereocenters.